The highest BCUT2D eigenvalue weighted by atomic mass is 31.1. The first-order valence-corrected chi connectivity index (χ1v) is 8.25. The van der Waals surface area contributed by atoms with E-state index < -0.39 is 0 Å². The van der Waals surface area contributed by atoms with E-state index in [1.54, 1.807) is 0 Å². The molecule has 0 radical (unpaired) electrons. The molecule has 0 N–H and O–H groups in total. The summed E-state index contributed by atoms with van der Waals surface area (Å²) >= 11 is 0. The van der Waals surface area contributed by atoms with Crippen LogP contribution in [-0.2, 0) is 0 Å². The minimum Gasteiger partial charge on any atom is -0.296 e. The Bertz CT molecular complexity index is 194. The van der Waals surface area contributed by atoms with Crippen LogP contribution in [-0.4, -0.2) is 47.3 Å². The number of quaternary nitrogens is 1. The maximum atomic E-state index is 2.66. The molecule has 2 nitrogen and oxygen atoms in total. The van der Waals surface area contributed by atoms with Crippen LogP contribution in [0.15, 0.2) is 0 Å². The summed E-state index contributed by atoms with van der Waals surface area (Å²) in [4.78, 5) is 0. The van der Waals surface area contributed by atoms with E-state index >= 15 is 0 Å². The summed E-state index contributed by atoms with van der Waals surface area (Å²) < 4.78 is 3.84. The van der Waals surface area contributed by atoms with Crippen LogP contribution in [0.1, 0.15) is 48.5 Å². The van der Waals surface area contributed by atoms with Crippen LogP contribution in [0.4, 0.5) is 0 Å². The average molecular weight is 247 g/mol. The molecule has 16 heavy (non-hydrogen) atoms. The summed E-state index contributed by atoms with van der Waals surface area (Å²) in [7, 11) is 2.29. The van der Waals surface area contributed by atoms with E-state index in [4.69, 9.17) is 0 Å². The summed E-state index contributed by atoms with van der Waals surface area (Å²) in [6.45, 7) is 19.9. The van der Waals surface area contributed by atoms with Gasteiger partial charge in [0.05, 0.1) is 19.1 Å². The van der Waals surface area contributed by atoms with E-state index in [1.165, 1.54) is 4.25 Å². The molecule has 0 spiro atoms. The van der Waals surface area contributed by atoms with Crippen LogP contribution in [0.5, 0.6) is 0 Å². The molecular weight excluding hydrogens is 215 g/mol. The maximum Gasteiger partial charge on any atom is 0.181 e. The van der Waals surface area contributed by atoms with Crippen LogP contribution in [0, 0.1) is 0 Å². The van der Waals surface area contributed by atoms with Gasteiger partial charge in [-0.1, -0.05) is 6.92 Å². The zero-order chi connectivity index (χ0) is 13.1. The molecule has 0 rings (SSSR count). The van der Waals surface area contributed by atoms with E-state index in [1.807, 2.05) is 0 Å². The van der Waals surface area contributed by atoms with Gasteiger partial charge in [-0.3, -0.25) is 4.25 Å². The van der Waals surface area contributed by atoms with Gasteiger partial charge >= 0.3 is 0 Å². The minimum absolute atomic E-state index is 0.137. The molecule has 0 aliphatic rings. The monoisotopic (exact) mass is 247 g/mol. The van der Waals surface area contributed by atoms with Crippen molar-refractivity contribution in [3.8, 4) is 0 Å². The first-order chi connectivity index (χ1) is 7.19. The van der Waals surface area contributed by atoms with Crippen LogP contribution in [0.25, 0.3) is 0 Å². The predicted octanol–water partition coefficient (Wildman–Crippen LogP) is 3.92. The maximum absolute atomic E-state index is 2.66. The van der Waals surface area contributed by atoms with E-state index in [0.29, 0.717) is 18.1 Å². The lowest BCUT2D eigenvalue weighted by Crippen LogP contribution is -2.53. The van der Waals surface area contributed by atoms with Gasteiger partial charge in [0.15, 0.2) is 8.22 Å². The normalized spacial score (nSPS) is 15.6. The fraction of sp³-hybridized carbons (Fsp3) is 1.00. The molecule has 3 heteroatoms. The third kappa shape index (κ3) is 3.18. The summed E-state index contributed by atoms with van der Waals surface area (Å²) in [5, 5.41) is 0. The van der Waals surface area contributed by atoms with E-state index in [9.17, 15) is 0 Å². The highest BCUT2D eigenvalue weighted by Gasteiger charge is 2.40. The van der Waals surface area contributed by atoms with E-state index in [0.717, 1.165) is 6.54 Å². The summed E-state index contributed by atoms with van der Waals surface area (Å²) in [6, 6.07) is 2.02. The number of hydrogen-bond donors (Lipinski definition) is 0. The van der Waals surface area contributed by atoms with Crippen molar-refractivity contribution in [1.82, 2.24) is 4.67 Å². The van der Waals surface area contributed by atoms with Gasteiger partial charge in [0, 0.05) is 19.3 Å². The first kappa shape index (κ1) is 16.4. The second kappa shape index (κ2) is 6.33. The standard InChI is InChI=1S/C13H32N2P/c1-10-14(11(2)3)16(9)15(8,12(4)5)13(6)7/h11-13H,10H2,1-9H3/q+1. The molecule has 98 valence electrons. The zero-order valence-electron chi connectivity index (χ0n) is 12.8. The van der Waals surface area contributed by atoms with E-state index in [-0.39, 0.29) is 8.22 Å². The Hall–Kier alpha value is 0.350. The SMILES string of the molecule is CCN(C(C)C)P(C)[N+](C)(C(C)C)C(C)C. The first-order valence-electron chi connectivity index (χ1n) is 6.56. The Morgan fingerprint density at radius 1 is 1.00 bits per heavy atom. The molecule has 0 heterocycles. The van der Waals surface area contributed by atoms with Crippen molar-refractivity contribution in [2.75, 3.05) is 20.3 Å². The molecular formula is C13H32N2P+. The molecule has 0 aromatic heterocycles. The van der Waals surface area contributed by atoms with Crippen LogP contribution in [0.3, 0.4) is 0 Å². The Labute approximate surface area is 104 Å². The van der Waals surface area contributed by atoms with Crippen LogP contribution in [0.2, 0.25) is 0 Å². The molecule has 0 fully saturated rings. The Kier molecular flexibility index (Phi) is 6.47. The molecule has 1 unspecified atom stereocenters. The largest absolute Gasteiger partial charge is 0.296 e. The molecule has 0 aliphatic carbocycles. The van der Waals surface area contributed by atoms with Crippen LogP contribution < -0.4 is 0 Å². The molecule has 0 aromatic rings. The van der Waals surface area contributed by atoms with Gasteiger partial charge in [0.25, 0.3) is 0 Å². The van der Waals surface area contributed by atoms with Crippen LogP contribution >= 0.6 is 8.22 Å². The quantitative estimate of drug-likeness (QED) is 0.643. The topological polar surface area (TPSA) is 3.24 Å². The lowest BCUT2D eigenvalue weighted by atomic mass is 10.2. The summed E-state index contributed by atoms with van der Waals surface area (Å²) in [5.74, 6) is 0. The minimum atomic E-state index is -0.137. The summed E-state index contributed by atoms with van der Waals surface area (Å²) in [5.41, 5.74) is 0. The van der Waals surface area contributed by atoms with Gasteiger partial charge in [-0.15, -0.1) is 0 Å². The lowest BCUT2D eigenvalue weighted by Gasteiger charge is -2.50. The highest BCUT2D eigenvalue weighted by Crippen LogP contribution is 2.50. The van der Waals surface area contributed by atoms with Crippen molar-refractivity contribution in [2.45, 2.75) is 66.6 Å². The number of nitrogens with zero attached hydrogens (tertiary/aromatic N) is 2. The fourth-order valence-corrected chi connectivity index (χ4v) is 5.33. The van der Waals surface area contributed by atoms with Crippen molar-refractivity contribution >= 4 is 8.22 Å². The smallest absolute Gasteiger partial charge is 0.181 e. The second-order valence-corrected chi connectivity index (χ2v) is 7.98. The Morgan fingerprint density at radius 2 is 1.38 bits per heavy atom. The predicted molar refractivity (Wildman–Crippen MR) is 76.8 cm³/mol. The van der Waals surface area contributed by atoms with Gasteiger partial charge in [-0.25, -0.2) is 4.67 Å². The molecule has 0 saturated heterocycles. The molecule has 1 atom stereocenters. The zero-order valence-corrected chi connectivity index (χ0v) is 13.7. The van der Waals surface area contributed by atoms with Crippen molar-refractivity contribution < 1.29 is 4.25 Å². The highest BCUT2D eigenvalue weighted by molar-refractivity contribution is 7.48. The Morgan fingerprint density at radius 3 is 1.56 bits per heavy atom. The van der Waals surface area contributed by atoms with Gasteiger partial charge in [-0.2, -0.15) is 0 Å². The molecule has 0 amide bonds. The molecule has 0 aliphatic heterocycles. The molecule has 0 aromatic carbocycles. The number of rotatable bonds is 6. The second-order valence-electron chi connectivity index (χ2n) is 5.62. The molecule has 0 saturated carbocycles. The van der Waals surface area contributed by atoms with Crippen molar-refractivity contribution in [1.29, 1.82) is 0 Å². The Balaban J connectivity index is 5.07. The third-order valence-corrected chi connectivity index (χ3v) is 7.67. The number of hydrogen-bond acceptors (Lipinski definition) is 1. The van der Waals surface area contributed by atoms with Gasteiger partial charge in [0.1, 0.15) is 0 Å². The summed E-state index contributed by atoms with van der Waals surface area (Å²) in [6.07, 6.45) is 0. The van der Waals surface area contributed by atoms with E-state index in [2.05, 4.69) is 66.8 Å². The van der Waals surface area contributed by atoms with Gasteiger partial charge in [-0.05, 0) is 41.5 Å². The molecule has 0 bridgehead atoms. The van der Waals surface area contributed by atoms with Crippen molar-refractivity contribution in [2.24, 2.45) is 0 Å². The fourth-order valence-electron chi connectivity index (χ4n) is 2.42. The lowest BCUT2D eigenvalue weighted by molar-refractivity contribution is -0.835. The van der Waals surface area contributed by atoms with Gasteiger partial charge < -0.3 is 0 Å². The van der Waals surface area contributed by atoms with Crippen molar-refractivity contribution in [3.05, 3.63) is 0 Å². The average Bonchev–Trinajstić information content (AvgIpc) is 2.15. The third-order valence-electron chi connectivity index (χ3n) is 4.01. The van der Waals surface area contributed by atoms with Crippen molar-refractivity contribution in [3.63, 3.8) is 0 Å². The van der Waals surface area contributed by atoms with Gasteiger partial charge in [0.2, 0.25) is 0 Å².